The van der Waals surface area contributed by atoms with Gasteiger partial charge in [0.2, 0.25) is 0 Å². The number of esters is 1. The molecule has 0 spiro atoms. The minimum Gasteiger partial charge on any atom is -0.461 e. The van der Waals surface area contributed by atoms with Crippen molar-refractivity contribution in [3.63, 3.8) is 0 Å². The lowest BCUT2D eigenvalue weighted by Crippen LogP contribution is -2.25. The fraction of sp³-hybridized carbons (Fsp3) is 0.524. The first-order valence-electron chi connectivity index (χ1n) is 9.55. The van der Waals surface area contributed by atoms with Crippen LogP contribution in [0.25, 0.3) is 10.9 Å². The predicted molar refractivity (Wildman–Crippen MR) is 101 cm³/mol. The standard InChI is InChI=1S/C21H28N2O2/c1-2-3-4-9-17-16-22-19-11-6-5-10-18(19)20(17)21(24)25-15-14-23-12-7-8-13-23/h5-6,10-11,16H,2-4,7-9,12-15H2,1H3. The number of ether oxygens (including phenoxy) is 1. The van der Waals surface area contributed by atoms with Gasteiger partial charge in [-0.2, -0.15) is 0 Å². The number of carbonyl (C=O) groups is 1. The Kier molecular flexibility index (Phi) is 6.40. The van der Waals surface area contributed by atoms with E-state index in [0.29, 0.717) is 12.2 Å². The van der Waals surface area contributed by atoms with Crippen molar-refractivity contribution in [3.05, 3.63) is 41.6 Å². The van der Waals surface area contributed by atoms with Crippen LogP contribution < -0.4 is 0 Å². The highest BCUT2D eigenvalue weighted by Gasteiger charge is 2.18. The predicted octanol–water partition coefficient (Wildman–Crippen LogP) is 4.22. The number of para-hydroxylation sites is 1. The Hall–Kier alpha value is -1.94. The molecule has 0 bridgehead atoms. The van der Waals surface area contributed by atoms with Crippen molar-refractivity contribution in [2.45, 2.75) is 45.4 Å². The average Bonchev–Trinajstić information content (AvgIpc) is 3.15. The van der Waals surface area contributed by atoms with Crippen molar-refractivity contribution in [2.75, 3.05) is 26.2 Å². The Labute approximate surface area is 150 Å². The second-order valence-corrected chi connectivity index (χ2v) is 6.82. The number of pyridine rings is 1. The molecule has 0 radical (unpaired) electrons. The molecule has 4 nitrogen and oxygen atoms in total. The van der Waals surface area contributed by atoms with Crippen LogP contribution in [-0.4, -0.2) is 42.1 Å². The van der Waals surface area contributed by atoms with Crippen molar-refractivity contribution < 1.29 is 9.53 Å². The number of carbonyl (C=O) groups excluding carboxylic acids is 1. The Bertz CT molecular complexity index is 708. The molecule has 0 unspecified atom stereocenters. The molecule has 1 aliphatic heterocycles. The van der Waals surface area contributed by atoms with E-state index in [4.69, 9.17) is 4.74 Å². The molecule has 0 aliphatic carbocycles. The first-order chi connectivity index (χ1) is 12.3. The van der Waals surface area contributed by atoms with E-state index in [0.717, 1.165) is 61.8 Å². The molecule has 134 valence electrons. The molecule has 0 amide bonds. The number of unbranched alkanes of at least 4 members (excludes halogenated alkanes) is 2. The van der Waals surface area contributed by atoms with E-state index in [-0.39, 0.29) is 5.97 Å². The van der Waals surface area contributed by atoms with Gasteiger partial charge in [-0.05, 0) is 50.4 Å². The summed E-state index contributed by atoms with van der Waals surface area (Å²) < 4.78 is 5.64. The van der Waals surface area contributed by atoms with Gasteiger partial charge in [-0.1, -0.05) is 38.0 Å². The number of rotatable bonds is 8. The molecule has 0 N–H and O–H groups in total. The molecule has 1 aromatic heterocycles. The summed E-state index contributed by atoms with van der Waals surface area (Å²) in [5.74, 6) is -0.204. The maximum absolute atomic E-state index is 12.8. The number of aromatic nitrogens is 1. The molecule has 2 heterocycles. The van der Waals surface area contributed by atoms with Gasteiger partial charge < -0.3 is 4.74 Å². The van der Waals surface area contributed by atoms with Crippen molar-refractivity contribution in [1.82, 2.24) is 9.88 Å². The van der Waals surface area contributed by atoms with E-state index in [1.807, 2.05) is 30.5 Å². The average molecular weight is 340 g/mol. The monoisotopic (exact) mass is 340 g/mol. The van der Waals surface area contributed by atoms with Crippen LogP contribution in [0, 0.1) is 0 Å². The molecular weight excluding hydrogens is 312 g/mol. The summed E-state index contributed by atoms with van der Waals surface area (Å²) in [6.07, 6.45) is 8.64. The van der Waals surface area contributed by atoms with Gasteiger partial charge in [0.15, 0.2) is 0 Å². The third kappa shape index (κ3) is 4.57. The van der Waals surface area contributed by atoms with Crippen LogP contribution in [0.5, 0.6) is 0 Å². The van der Waals surface area contributed by atoms with Crippen molar-refractivity contribution in [3.8, 4) is 0 Å². The highest BCUT2D eigenvalue weighted by atomic mass is 16.5. The number of nitrogens with zero attached hydrogens (tertiary/aromatic N) is 2. The molecule has 3 rings (SSSR count). The molecule has 0 saturated carbocycles. The molecule has 4 heteroatoms. The molecule has 1 saturated heterocycles. The third-order valence-electron chi connectivity index (χ3n) is 4.95. The van der Waals surface area contributed by atoms with Crippen molar-refractivity contribution in [1.29, 1.82) is 0 Å². The van der Waals surface area contributed by atoms with Gasteiger partial charge in [-0.25, -0.2) is 4.79 Å². The van der Waals surface area contributed by atoms with E-state index in [1.165, 1.54) is 12.8 Å². The van der Waals surface area contributed by atoms with Crippen LogP contribution in [0.15, 0.2) is 30.5 Å². The van der Waals surface area contributed by atoms with E-state index in [9.17, 15) is 4.79 Å². The maximum atomic E-state index is 12.8. The Morgan fingerprint density at radius 3 is 2.80 bits per heavy atom. The SMILES string of the molecule is CCCCCc1cnc2ccccc2c1C(=O)OCCN1CCCC1. The quantitative estimate of drug-likeness (QED) is 0.533. The van der Waals surface area contributed by atoms with Gasteiger partial charge in [0.05, 0.1) is 11.1 Å². The van der Waals surface area contributed by atoms with Gasteiger partial charge >= 0.3 is 5.97 Å². The first kappa shape index (κ1) is 17.9. The summed E-state index contributed by atoms with van der Waals surface area (Å²) >= 11 is 0. The topological polar surface area (TPSA) is 42.4 Å². The number of hydrogen-bond acceptors (Lipinski definition) is 4. The highest BCUT2D eigenvalue weighted by Crippen LogP contribution is 2.23. The normalized spacial score (nSPS) is 14.9. The Balaban J connectivity index is 1.75. The van der Waals surface area contributed by atoms with Crippen LogP contribution in [-0.2, 0) is 11.2 Å². The van der Waals surface area contributed by atoms with Gasteiger partial charge in [0.1, 0.15) is 6.61 Å². The minimum absolute atomic E-state index is 0.204. The summed E-state index contributed by atoms with van der Waals surface area (Å²) in [5, 5.41) is 0.905. The van der Waals surface area contributed by atoms with Crippen molar-refractivity contribution >= 4 is 16.9 Å². The van der Waals surface area contributed by atoms with Crippen LogP contribution in [0.4, 0.5) is 0 Å². The second-order valence-electron chi connectivity index (χ2n) is 6.82. The van der Waals surface area contributed by atoms with Crippen LogP contribution >= 0.6 is 0 Å². The molecule has 1 aliphatic rings. The van der Waals surface area contributed by atoms with Gasteiger partial charge in [0, 0.05) is 18.1 Å². The molecule has 0 atom stereocenters. The maximum Gasteiger partial charge on any atom is 0.339 e. The van der Waals surface area contributed by atoms with Crippen LogP contribution in [0.3, 0.4) is 0 Å². The minimum atomic E-state index is -0.204. The summed E-state index contributed by atoms with van der Waals surface area (Å²) in [5.41, 5.74) is 2.58. The summed E-state index contributed by atoms with van der Waals surface area (Å²) in [4.78, 5) is 19.7. The number of likely N-dealkylation sites (tertiary alicyclic amines) is 1. The van der Waals surface area contributed by atoms with Gasteiger partial charge in [0.25, 0.3) is 0 Å². The lowest BCUT2D eigenvalue weighted by atomic mass is 9.99. The zero-order valence-electron chi connectivity index (χ0n) is 15.2. The van der Waals surface area contributed by atoms with E-state index in [1.54, 1.807) is 0 Å². The van der Waals surface area contributed by atoms with E-state index >= 15 is 0 Å². The Morgan fingerprint density at radius 2 is 2.00 bits per heavy atom. The zero-order valence-corrected chi connectivity index (χ0v) is 15.2. The van der Waals surface area contributed by atoms with E-state index < -0.39 is 0 Å². The number of fused-ring (bicyclic) bond motifs is 1. The van der Waals surface area contributed by atoms with E-state index in [2.05, 4.69) is 16.8 Å². The molecule has 2 aromatic rings. The van der Waals surface area contributed by atoms with Gasteiger partial charge in [-0.3, -0.25) is 9.88 Å². The number of benzene rings is 1. The Morgan fingerprint density at radius 1 is 1.20 bits per heavy atom. The number of hydrogen-bond donors (Lipinski definition) is 0. The van der Waals surface area contributed by atoms with Gasteiger partial charge in [-0.15, -0.1) is 0 Å². The lowest BCUT2D eigenvalue weighted by molar-refractivity contribution is 0.0473. The molecule has 25 heavy (non-hydrogen) atoms. The summed E-state index contributed by atoms with van der Waals surface area (Å²) in [7, 11) is 0. The fourth-order valence-corrected chi connectivity index (χ4v) is 3.52. The molecular formula is C21H28N2O2. The number of aryl methyl sites for hydroxylation is 1. The molecule has 1 aromatic carbocycles. The summed E-state index contributed by atoms with van der Waals surface area (Å²) in [6, 6.07) is 7.84. The lowest BCUT2D eigenvalue weighted by Gasteiger charge is -2.16. The first-order valence-corrected chi connectivity index (χ1v) is 9.55. The van der Waals surface area contributed by atoms with Crippen molar-refractivity contribution in [2.24, 2.45) is 0 Å². The van der Waals surface area contributed by atoms with Crippen LogP contribution in [0.1, 0.15) is 54.9 Å². The largest absolute Gasteiger partial charge is 0.461 e. The van der Waals surface area contributed by atoms with Crippen LogP contribution in [0.2, 0.25) is 0 Å². The smallest absolute Gasteiger partial charge is 0.339 e. The zero-order chi connectivity index (χ0) is 17.5. The second kappa shape index (κ2) is 8.95. The summed E-state index contributed by atoms with van der Waals surface area (Å²) in [6.45, 7) is 5.73. The fourth-order valence-electron chi connectivity index (χ4n) is 3.52. The third-order valence-corrected chi connectivity index (χ3v) is 4.95. The molecule has 1 fully saturated rings. The highest BCUT2D eigenvalue weighted by molar-refractivity contribution is 6.04.